The standard InChI is InChI=1S/C31H37Cl3N4O6/c1-30(2,3)44-29(41)38-12-7-19(8-13-38)42-25-18-24-20(17-23(25)34)27(39)36-31(43-24)9-14-37(15-10-31)16-11-35-28(40)26-21(32)5-4-6-22(26)33/h4-6,17-19H,7-16H2,1-3H3,(H,35,40)(H,36,39). The van der Waals surface area contributed by atoms with Crippen LogP contribution in [-0.2, 0) is 4.74 Å². The molecule has 13 heteroatoms. The molecule has 0 bridgehead atoms. The van der Waals surface area contributed by atoms with Gasteiger partial charge in [-0.3, -0.25) is 9.59 Å². The van der Waals surface area contributed by atoms with Gasteiger partial charge in [-0.25, -0.2) is 4.79 Å². The van der Waals surface area contributed by atoms with Crippen LogP contribution in [0.2, 0.25) is 15.1 Å². The molecule has 2 aromatic rings. The Bertz CT molecular complexity index is 1400. The van der Waals surface area contributed by atoms with Crippen LogP contribution >= 0.6 is 34.8 Å². The summed E-state index contributed by atoms with van der Waals surface area (Å²) in [6.07, 6.45) is 1.90. The average molecular weight is 668 g/mol. The fourth-order valence-electron chi connectivity index (χ4n) is 5.56. The number of hydrogen-bond acceptors (Lipinski definition) is 7. The minimum Gasteiger partial charge on any atom is -0.489 e. The van der Waals surface area contributed by atoms with Gasteiger partial charge in [0.25, 0.3) is 11.8 Å². The molecule has 2 saturated heterocycles. The second-order valence-electron chi connectivity index (χ2n) is 12.3. The maximum atomic E-state index is 13.1. The Balaban J connectivity index is 1.14. The highest BCUT2D eigenvalue weighted by Gasteiger charge is 2.43. The number of fused-ring (bicyclic) bond motifs is 1. The van der Waals surface area contributed by atoms with Crippen molar-refractivity contribution in [3.63, 3.8) is 0 Å². The number of nitrogens with one attached hydrogen (secondary N) is 2. The Hall–Kier alpha value is -2.92. The van der Waals surface area contributed by atoms with E-state index in [9.17, 15) is 14.4 Å². The highest BCUT2D eigenvalue weighted by atomic mass is 35.5. The molecule has 3 amide bonds. The molecule has 3 aliphatic rings. The zero-order chi connectivity index (χ0) is 31.6. The maximum Gasteiger partial charge on any atom is 0.410 e. The predicted octanol–water partition coefficient (Wildman–Crippen LogP) is 5.77. The number of hydrogen-bond donors (Lipinski definition) is 2. The molecule has 0 aliphatic carbocycles. The largest absolute Gasteiger partial charge is 0.489 e. The summed E-state index contributed by atoms with van der Waals surface area (Å²) in [5.41, 5.74) is -0.777. The van der Waals surface area contributed by atoms with Gasteiger partial charge in [0.05, 0.1) is 26.2 Å². The molecule has 1 spiro atoms. The lowest BCUT2D eigenvalue weighted by molar-refractivity contribution is -0.0287. The van der Waals surface area contributed by atoms with E-state index in [1.54, 1.807) is 35.2 Å². The first-order chi connectivity index (χ1) is 20.8. The molecule has 2 fully saturated rings. The van der Waals surface area contributed by atoms with E-state index in [0.717, 1.165) is 0 Å². The third-order valence-electron chi connectivity index (χ3n) is 7.88. The molecule has 10 nitrogen and oxygen atoms in total. The molecule has 5 rings (SSSR count). The molecule has 2 aromatic carbocycles. The number of benzene rings is 2. The number of rotatable bonds is 6. The Morgan fingerprint density at radius 3 is 2.34 bits per heavy atom. The van der Waals surface area contributed by atoms with E-state index in [4.69, 9.17) is 49.0 Å². The molecule has 0 atom stereocenters. The number of amides is 3. The molecule has 0 aromatic heterocycles. The van der Waals surface area contributed by atoms with E-state index in [1.165, 1.54) is 0 Å². The third-order valence-corrected chi connectivity index (χ3v) is 8.81. The van der Waals surface area contributed by atoms with Crippen LogP contribution in [0.25, 0.3) is 0 Å². The van der Waals surface area contributed by atoms with Gasteiger partial charge in [0.2, 0.25) is 0 Å². The molecular weight excluding hydrogens is 631 g/mol. The van der Waals surface area contributed by atoms with Gasteiger partial charge in [-0.05, 0) is 39.0 Å². The fourth-order valence-corrected chi connectivity index (χ4v) is 6.33. The summed E-state index contributed by atoms with van der Waals surface area (Å²) in [6.45, 7) is 8.91. The van der Waals surface area contributed by atoms with Gasteiger partial charge in [0.15, 0.2) is 5.72 Å². The second-order valence-corrected chi connectivity index (χ2v) is 13.5. The van der Waals surface area contributed by atoms with Crippen molar-refractivity contribution < 1.29 is 28.6 Å². The van der Waals surface area contributed by atoms with Crippen molar-refractivity contribution in [1.82, 2.24) is 20.4 Å². The number of likely N-dealkylation sites (tertiary alicyclic amines) is 2. The van der Waals surface area contributed by atoms with Crippen molar-refractivity contribution in [2.45, 2.75) is 63.9 Å². The van der Waals surface area contributed by atoms with Crippen LogP contribution in [0.4, 0.5) is 4.79 Å². The quantitative estimate of drug-likeness (QED) is 0.403. The average Bonchev–Trinajstić information content (AvgIpc) is 2.95. The Kier molecular flexibility index (Phi) is 9.75. The molecule has 238 valence electrons. The molecule has 3 heterocycles. The molecule has 2 N–H and O–H groups in total. The van der Waals surface area contributed by atoms with Crippen LogP contribution in [0.1, 0.15) is 67.2 Å². The van der Waals surface area contributed by atoms with Gasteiger partial charge in [0, 0.05) is 71.0 Å². The van der Waals surface area contributed by atoms with Gasteiger partial charge >= 0.3 is 6.09 Å². The zero-order valence-corrected chi connectivity index (χ0v) is 27.3. The van der Waals surface area contributed by atoms with Gasteiger partial charge in [-0.15, -0.1) is 0 Å². The van der Waals surface area contributed by atoms with Crippen LogP contribution in [-0.4, -0.2) is 84.4 Å². The van der Waals surface area contributed by atoms with Crippen molar-refractivity contribution in [3.05, 3.63) is 56.5 Å². The molecule has 3 aliphatic heterocycles. The second kappa shape index (κ2) is 13.2. The third kappa shape index (κ3) is 7.65. The maximum absolute atomic E-state index is 13.1. The summed E-state index contributed by atoms with van der Waals surface area (Å²) in [5, 5.41) is 6.85. The normalized spacial score (nSPS) is 18.7. The lowest BCUT2D eigenvalue weighted by Gasteiger charge is -2.44. The lowest BCUT2D eigenvalue weighted by Crippen LogP contribution is -2.61. The summed E-state index contributed by atoms with van der Waals surface area (Å²) in [5.74, 6) is 0.302. The van der Waals surface area contributed by atoms with Crippen LogP contribution < -0.4 is 20.1 Å². The topological polar surface area (TPSA) is 109 Å². The minimum absolute atomic E-state index is 0.145. The molecule has 0 saturated carbocycles. The summed E-state index contributed by atoms with van der Waals surface area (Å²) in [7, 11) is 0. The number of piperidine rings is 2. The van der Waals surface area contributed by atoms with Gasteiger partial charge in [-0.1, -0.05) is 40.9 Å². The van der Waals surface area contributed by atoms with Gasteiger partial charge in [0.1, 0.15) is 23.2 Å². The molecule has 0 radical (unpaired) electrons. The number of ether oxygens (including phenoxy) is 3. The predicted molar refractivity (Wildman–Crippen MR) is 168 cm³/mol. The Labute approximate surface area is 272 Å². The molecule has 0 unspecified atom stereocenters. The first-order valence-corrected chi connectivity index (χ1v) is 15.9. The first kappa shape index (κ1) is 32.5. The van der Waals surface area contributed by atoms with Gasteiger partial charge < -0.3 is 34.6 Å². The van der Waals surface area contributed by atoms with Crippen LogP contribution in [0, 0.1) is 0 Å². The fraction of sp³-hybridized carbons (Fsp3) is 0.516. The van der Waals surface area contributed by atoms with Crippen molar-refractivity contribution in [1.29, 1.82) is 0 Å². The van der Waals surface area contributed by atoms with Crippen molar-refractivity contribution in [2.24, 2.45) is 0 Å². The minimum atomic E-state index is -0.848. The van der Waals surface area contributed by atoms with E-state index in [2.05, 4.69) is 15.5 Å². The van der Waals surface area contributed by atoms with Crippen molar-refractivity contribution >= 4 is 52.7 Å². The van der Waals surface area contributed by atoms with E-state index in [0.29, 0.717) is 97.1 Å². The summed E-state index contributed by atoms with van der Waals surface area (Å²) < 4.78 is 18.1. The van der Waals surface area contributed by atoms with Crippen molar-refractivity contribution in [3.8, 4) is 11.5 Å². The van der Waals surface area contributed by atoms with E-state index >= 15 is 0 Å². The summed E-state index contributed by atoms with van der Waals surface area (Å²) >= 11 is 18.8. The van der Waals surface area contributed by atoms with E-state index < -0.39 is 11.3 Å². The van der Waals surface area contributed by atoms with Crippen molar-refractivity contribution in [2.75, 3.05) is 39.3 Å². The Morgan fingerprint density at radius 1 is 1.05 bits per heavy atom. The highest BCUT2D eigenvalue weighted by Crippen LogP contribution is 2.40. The summed E-state index contributed by atoms with van der Waals surface area (Å²) in [6, 6.07) is 8.22. The smallest absolute Gasteiger partial charge is 0.410 e. The summed E-state index contributed by atoms with van der Waals surface area (Å²) in [4.78, 5) is 42.0. The number of halogens is 3. The SMILES string of the molecule is CC(C)(C)OC(=O)N1CCC(Oc2cc3c(cc2Cl)C(=O)NC2(CCN(CCNC(=O)c4c(Cl)cccc4Cl)CC2)O3)CC1. The lowest BCUT2D eigenvalue weighted by atomic mass is 9.96. The van der Waals surface area contributed by atoms with Crippen LogP contribution in [0.3, 0.4) is 0 Å². The number of carbonyl (C=O) groups excluding carboxylic acids is 3. The van der Waals surface area contributed by atoms with Gasteiger partial charge in [-0.2, -0.15) is 0 Å². The number of nitrogens with zero attached hydrogens (tertiary/aromatic N) is 2. The molecule has 44 heavy (non-hydrogen) atoms. The Morgan fingerprint density at radius 2 is 1.70 bits per heavy atom. The zero-order valence-electron chi connectivity index (χ0n) is 25.0. The first-order valence-electron chi connectivity index (χ1n) is 14.8. The highest BCUT2D eigenvalue weighted by molar-refractivity contribution is 6.39. The van der Waals surface area contributed by atoms with E-state index in [1.807, 2.05) is 20.8 Å². The molecular formula is C31H37Cl3N4O6. The van der Waals surface area contributed by atoms with E-state index in [-0.39, 0.29) is 29.6 Å². The van der Waals surface area contributed by atoms with Crippen LogP contribution in [0.5, 0.6) is 11.5 Å². The number of carbonyl (C=O) groups is 3. The van der Waals surface area contributed by atoms with Crippen LogP contribution in [0.15, 0.2) is 30.3 Å². The monoisotopic (exact) mass is 666 g/mol.